The summed E-state index contributed by atoms with van der Waals surface area (Å²) in [6, 6.07) is 2.45. The molecule has 4 heteroatoms. The molecule has 2 N–H and O–H groups in total. The number of hydrogen-bond donors (Lipinski definition) is 2. The van der Waals surface area contributed by atoms with E-state index in [1.54, 1.807) is 0 Å². The van der Waals surface area contributed by atoms with E-state index in [1.807, 2.05) is 12.3 Å². The van der Waals surface area contributed by atoms with Crippen molar-refractivity contribution in [2.45, 2.75) is 38.6 Å². The van der Waals surface area contributed by atoms with E-state index < -0.39 is 0 Å². The predicted octanol–water partition coefficient (Wildman–Crippen LogP) is 1.76. The largest absolute Gasteiger partial charge is 0.366 e. The minimum atomic E-state index is 0.381. The Morgan fingerprint density at radius 2 is 2.38 bits per heavy atom. The van der Waals surface area contributed by atoms with Crippen LogP contribution in [0.5, 0.6) is 0 Å². The molecule has 4 nitrogen and oxygen atoms in total. The van der Waals surface area contributed by atoms with Gasteiger partial charge in [0.2, 0.25) is 0 Å². The summed E-state index contributed by atoms with van der Waals surface area (Å²) < 4.78 is 0. The molecule has 1 unspecified atom stereocenters. The van der Waals surface area contributed by atoms with E-state index in [0.29, 0.717) is 12.0 Å². The average molecular weight is 220 g/mol. The monoisotopic (exact) mass is 220 g/mol. The van der Waals surface area contributed by atoms with E-state index in [2.05, 4.69) is 34.4 Å². The molecule has 0 amide bonds. The maximum atomic E-state index is 4.52. The zero-order valence-electron chi connectivity index (χ0n) is 10.0. The first-order valence-electron chi connectivity index (χ1n) is 6.06. The highest BCUT2D eigenvalue weighted by Gasteiger charge is 2.13. The molecule has 1 aromatic rings. The van der Waals surface area contributed by atoms with Crippen LogP contribution in [0.2, 0.25) is 0 Å². The van der Waals surface area contributed by atoms with E-state index in [1.165, 1.54) is 12.8 Å². The summed E-state index contributed by atoms with van der Waals surface area (Å²) >= 11 is 0. The van der Waals surface area contributed by atoms with Gasteiger partial charge in [-0.2, -0.15) is 0 Å². The third-order valence-electron chi connectivity index (χ3n) is 2.84. The highest BCUT2D eigenvalue weighted by molar-refractivity contribution is 5.34. The van der Waals surface area contributed by atoms with Gasteiger partial charge in [-0.05, 0) is 25.5 Å². The van der Waals surface area contributed by atoms with E-state index in [0.717, 1.165) is 24.7 Å². The lowest BCUT2D eigenvalue weighted by atomic mass is 10.1. The molecule has 1 saturated heterocycles. The summed E-state index contributed by atoms with van der Waals surface area (Å²) in [5.74, 6) is 2.24. The number of aromatic nitrogens is 2. The van der Waals surface area contributed by atoms with Gasteiger partial charge in [0.25, 0.3) is 0 Å². The van der Waals surface area contributed by atoms with Crippen molar-refractivity contribution in [3.63, 3.8) is 0 Å². The van der Waals surface area contributed by atoms with E-state index >= 15 is 0 Å². The van der Waals surface area contributed by atoms with Crippen LogP contribution >= 0.6 is 0 Å². The van der Waals surface area contributed by atoms with Crippen molar-refractivity contribution in [3.8, 4) is 0 Å². The fourth-order valence-electron chi connectivity index (χ4n) is 1.92. The minimum Gasteiger partial charge on any atom is -0.366 e. The Labute approximate surface area is 96.9 Å². The topological polar surface area (TPSA) is 49.8 Å². The molecule has 2 rings (SSSR count). The fourth-order valence-corrected chi connectivity index (χ4v) is 1.92. The van der Waals surface area contributed by atoms with Crippen molar-refractivity contribution in [2.75, 3.05) is 18.4 Å². The average Bonchev–Trinajstić information content (AvgIpc) is 2.30. The van der Waals surface area contributed by atoms with E-state index in [9.17, 15) is 0 Å². The molecule has 1 aliphatic rings. The summed E-state index contributed by atoms with van der Waals surface area (Å²) in [5, 5.41) is 6.85. The Hall–Kier alpha value is -1.16. The molecule has 2 heterocycles. The van der Waals surface area contributed by atoms with Crippen LogP contribution in [-0.2, 0) is 0 Å². The van der Waals surface area contributed by atoms with Crippen molar-refractivity contribution in [1.29, 1.82) is 0 Å². The lowest BCUT2D eigenvalue weighted by Gasteiger charge is -2.24. The first kappa shape index (κ1) is 11.3. The molecule has 0 aromatic carbocycles. The molecular formula is C12H20N4. The first-order valence-corrected chi connectivity index (χ1v) is 6.06. The normalized spacial score (nSPS) is 21.1. The quantitative estimate of drug-likeness (QED) is 0.815. The number of nitrogens with one attached hydrogen (secondary N) is 2. The minimum absolute atomic E-state index is 0.381. The third kappa shape index (κ3) is 2.92. The maximum Gasteiger partial charge on any atom is 0.133 e. The SMILES string of the molecule is CC(C)c1nccc(NC2CCCNC2)n1. The van der Waals surface area contributed by atoms with Gasteiger partial charge in [-0.1, -0.05) is 13.8 Å². The second kappa shape index (κ2) is 5.25. The Morgan fingerprint density at radius 1 is 1.50 bits per heavy atom. The summed E-state index contributed by atoms with van der Waals surface area (Å²) in [6.45, 7) is 6.39. The molecule has 0 bridgehead atoms. The van der Waals surface area contributed by atoms with Crippen LogP contribution < -0.4 is 10.6 Å². The van der Waals surface area contributed by atoms with Crippen LogP contribution in [0.1, 0.15) is 38.4 Å². The number of rotatable bonds is 3. The lowest BCUT2D eigenvalue weighted by Crippen LogP contribution is -2.38. The van der Waals surface area contributed by atoms with Crippen molar-refractivity contribution < 1.29 is 0 Å². The van der Waals surface area contributed by atoms with Gasteiger partial charge in [-0.3, -0.25) is 0 Å². The summed E-state index contributed by atoms with van der Waals surface area (Å²) in [5.41, 5.74) is 0. The zero-order chi connectivity index (χ0) is 11.4. The van der Waals surface area contributed by atoms with Gasteiger partial charge >= 0.3 is 0 Å². The Balaban J connectivity index is 2.00. The number of nitrogens with zero attached hydrogens (tertiary/aromatic N) is 2. The zero-order valence-corrected chi connectivity index (χ0v) is 10.0. The van der Waals surface area contributed by atoms with Crippen molar-refractivity contribution >= 4 is 5.82 Å². The van der Waals surface area contributed by atoms with Gasteiger partial charge in [0.05, 0.1) is 0 Å². The van der Waals surface area contributed by atoms with Gasteiger partial charge in [0.1, 0.15) is 11.6 Å². The molecule has 0 radical (unpaired) electrons. The number of hydrogen-bond acceptors (Lipinski definition) is 4. The van der Waals surface area contributed by atoms with Crippen molar-refractivity contribution in [2.24, 2.45) is 0 Å². The van der Waals surface area contributed by atoms with Gasteiger partial charge in [0.15, 0.2) is 0 Å². The maximum absolute atomic E-state index is 4.52. The summed E-state index contributed by atoms with van der Waals surface area (Å²) in [6.07, 6.45) is 4.29. The molecule has 88 valence electrons. The molecular weight excluding hydrogens is 200 g/mol. The second-order valence-electron chi connectivity index (χ2n) is 4.64. The Bertz CT molecular complexity index is 332. The summed E-state index contributed by atoms with van der Waals surface area (Å²) in [4.78, 5) is 8.78. The van der Waals surface area contributed by atoms with Crippen LogP contribution in [0.4, 0.5) is 5.82 Å². The molecule has 1 aromatic heterocycles. The number of anilines is 1. The molecule has 1 aliphatic heterocycles. The van der Waals surface area contributed by atoms with E-state index in [-0.39, 0.29) is 0 Å². The van der Waals surface area contributed by atoms with Gasteiger partial charge in [-0.15, -0.1) is 0 Å². The van der Waals surface area contributed by atoms with Crippen LogP contribution in [0.25, 0.3) is 0 Å². The summed E-state index contributed by atoms with van der Waals surface area (Å²) in [7, 11) is 0. The van der Waals surface area contributed by atoms with Crippen molar-refractivity contribution in [1.82, 2.24) is 15.3 Å². The Kier molecular flexibility index (Phi) is 3.72. The lowest BCUT2D eigenvalue weighted by molar-refractivity contribution is 0.478. The second-order valence-corrected chi connectivity index (χ2v) is 4.64. The third-order valence-corrected chi connectivity index (χ3v) is 2.84. The molecule has 1 fully saturated rings. The van der Waals surface area contributed by atoms with Crippen LogP contribution in [-0.4, -0.2) is 29.1 Å². The van der Waals surface area contributed by atoms with Gasteiger partial charge in [-0.25, -0.2) is 9.97 Å². The molecule has 0 aliphatic carbocycles. The van der Waals surface area contributed by atoms with Crippen molar-refractivity contribution in [3.05, 3.63) is 18.1 Å². The standard InChI is InChI=1S/C12H20N4/c1-9(2)12-14-7-5-11(16-12)15-10-4-3-6-13-8-10/h5,7,9-10,13H,3-4,6,8H2,1-2H3,(H,14,15,16). The first-order chi connectivity index (χ1) is 7.75. The van der Waals surface area contributed by atoms with Crippen LogP contribution in [0, 0.1) is 0 Å². The van der Waals surface area contributed by atoms with Gasteiger partial charge in [0, 0.05) is 24.7 Å². The predicted molar refractivity (Wildman–Crippen MR) is 65.6 cm³/mol. The molecule has 1 atom stereocenters. The fraction of sp³-hybridized carbons (Fsp3) is 0.667. The van der Waals surface area contributed by atoms with Crippen LogP contribution in [0.3, 0.4) is 0 Å². The molecule has 16 heavy (non-hydrogen) atoms. The molecule has 0 spiro atoms. The smallest absolute Gasteiger partial charge is 0.133 e. The molecule has 0 saturated carbocycles. The van der Waals surface area contributed by atoms with Gasteiger partial charge < -0.3 is 10.6 Å². The van der Waals surface area contributed by atoms with Crippen LogP contribution in [0.15, 0.2) is 12.3 Å². The number of piperidine rings is 1. The highest BCUT2D eigenvalue weighted by atomic mass is 15.1. The highest BCUT2D eigenvalue weighted by Crippen LogP contribution is 2.13. The Morgan fingerprint density at radius 3 is 3.06 bits per heavy atom. The van der Waals surface area contributed by atoms with E-state index in [4.69, 9.17) is 0 Å².